The van der Waals surface area contributed by atoms with Crippen LogP contribution in [0.3, 0.4) is 0 Å². The summed E-state index contributed by atoms with van der Waals surface area (Å²) in [7, 11) is 0. The molecule has 5 nitrogen and oxygen atoms in total. The van der Waals surface area contributed by atoms with Crippen molar-refractivity contribution in [2.24, 2.45) is 0 Å². The van der Waals surface area contributed by atoms with Crippen LogP contribution < -0.4 is 0 Å². The molecule has 0 saturated heterocycles. The molecule has 0 unspecified atom stereocenters. The first kappa shape index (κ1) is 12.7. The lowest BCUT2D eigenvalue weighted by Gasteiger charge is -2.02. The van der Waals surface area contributed by atoms with Crippen LogP contribution in [0.2, 0.25) is 0 Å². The van der Waals surface area contributed by atoms with E-state index in [-0.39, 0.29) is 18.7 Å². The molecule has 0 heterocycles. The molecule has 1 aromatic rings. The Balaban J connectivity index is 2.49. The van der Waals surface area contributed by atoms with Crippen LogP contribution in [0.1, 0.15) is 12.0 Å². The fraction of sp³-hybridized carbons (Fsp3) is 0.250. The van der Waals surface area contributed by atoms with Crippen molar-refractivity contribution in [1.29, 1.82) is 0 Å². The van der Waals surface area contributed by atoms with Gasteiger partial charge in [0.15, 0.2) is 0 Å². The van der Waals surface area contributed by atoms with Crippen LogP contribution in [-0.4, -0.2) is 17.5 Å². The van der Waals surface area contributed by atoms with Gasteiger partial charge in [-0.1, -0.05) is 12.1 Å². The summed E-state index contributed by atoms with van der Waals surface area (Å²) >= 11 is 0. The van der Waals surface area contributed by atoms with E-state index in [4.69, 9.17) is 11.2 Å². The molecular weight excluding hydrogens is 222 g/mol. The smallest absolute Gasteiger partial charge is 0.310 e. The summed E-state index contributed by atoms with van der Waals surface area (Å²) < 4.78 is 4.85. The highest BCUT2D eigenvalue weighted by Crippen LogP contribution is 2.12. The zero-order valence-electron chi connectivity index (χ0n) is 9.09. The van der Waals surface area contributed by atoms with Gasteiger partial charge in [0.1, 0.15) is 6.61 Å². The van der Waals surface area contributed by atoms with Crippen molar-refractivity contribution in [3.63, 3.8) is 0 Å². The molecule has 0 saturated carbocycles. The lowest BCUT2D eigenvalue weighted by Crippen LogP contribution is -2.08. The number of terminal acetylenes is 1. The Bertz CT molecular complexity index is 445. The highest BCUT2D eigenvalue weighted by molar-refractivity contribution is 5.72. The zero-order chi connectivity index (χ0) is 12.7. The third-order valence-electron chi connectivity index (χ3n) is 2.01. The van der Waals surface area contributed by atoms with Crippen molar-refractivity contribution in [3.05, 3.63) is 39.9 Å². The van der Waals surface area contributed by atoms with Gasteiger partial charge < -0.3 is 4.74 Å². The number of nitro benzene ring substituents is 1. The topological polar surface area (TPSA) is 69.4 Å². The standard InChI is InChI=1S/C12H11NO4/c1-2-3-8-17-12(14)9-10-4-6-11(7-5-10)13(15)16/h1,4-7H,3,8-9H2. The van der Waals surface area contributed by atoms with E-state index in [1.807, 2.05) is 0 Å². The molecule has 0 bridgehead atoms. The number of non-ortho nitro benzene ring substituents is 1. The van der Waals surface area contributed by atoms with E-state index < -0.39 is 10.9 Å². The molecule has 1 rings (SSSR count). The first-order chi connectivity index (χ1) is 8.13. The predicted octanol–water partition coefficient (Wildman–Crippen LogP) is 1.70. The molecule has 0 atom stereocenters. The fourth-order valence-corrected chi connectivity index (χ4v) is 1.18. The van der Waals surface area contributed by atoms with Crippen LogP contribution >= 0.6 is 0 Å². The lowest BCUT2D eigenvalue weighted by atomic mass is 10.1. The summed E-state index contributed by atoms with van der Waals surface area (Å²) in [6.45, 7) is 0.197. The second-order valence-corrected chi connectivity index (χ2v) is 3.27. The van der Waals surface area contributed by atoms with Crippen LogP contribution in [-0.2, 0) is 16.0 Å². The Morgan fingerprint density at radius 1 is 1.41 bits per heavy atom. The fourth-order valence-electron chi connectivity index (χ4n) is 1.18. The quantitative estimate of drug-likeness (QED) is 0.255. The maximum atomic E-state index is 11.3. The van der Waals surface area contributed by atoms with Gasteiger partial charge in [-0.2, -0.15) is 0 Å². The van der Waals surface area contributed by atoms with Crippen LogP contribution in [0.15, 0.2) is 24.3 Å². The predicted molar refractivity (Wildman–Crippen MR) is 61.2 cm³/mol. The molecule has 0 spiro atoms. The summed E-state index contributed by atoms with van der Waals surface area (Å²) in [5.41, 5.74) is 0.663. The molecule has 0 aliphatic carbocycles. The zero-order valence-corrected chi connectivity index (χ0v) is 9.09. The van der Waals surface area contributed by atoms with E-state index >= 15 is 0 Å². The second kappa shape index (κ2) is 6.28. The number of carbonyl (C=O) groups is 1. The number of nitrogens with zero attached hydrogens (tertiary/aromatic N) is 1. The molecule has 5 heteroatoms. The van der Waals surface area contributed by atoms with Gasteiger partial charge in [0, 0.05) is 18.6 Å². The summed E-state index contributed by atoms with van der Waals surface area (Å²) in [4.78, 5) is 21.2. The van der Waals surface area contributed by atoms with E-state index in [0.717, 1.165) is 0 Å². The monoisotopic (exact) mass is 233 g/mol. The van der Waals surface area contributed by atoms with Crippen molar-refractivity contribution in [2.75, 3.05) is 6.61 Å². The number of nitro groups is 1. The maximum absolute atomic E-state index is 11.3. The number of carbonyl (C=O) groups excluding carboxylic acids is 1. The molecule has 0 aliphatic rings. The number of benzene rings is 1. The van der Waals surface area contributed by atoms with Gasteiger partial charge in [0.25, 0.3) is 5.69 Å². The summed E-state index contributed by atoms with van der Waals surface area (Å²) in [6, 6.07) is 5.76. The Labute approximate surface area is 98.5 Å². The number of rotatable bonds is 5. The van der Waals surface area contributed by atoms with Gasteiger partial charge in [-0.3, -0.25) is 14.9 Å². The average molecular weight is 233 g/mol. The first-order valence-corrected chi connectivity index (χ1v) is 4.96. The van der Waals surface area contributed by atoms with E-state index in [1.165, 1.54) is 24.3 Å². The molecule has 1 aromatic carbocycles. The normalized spacial score (nSPS) is 9.35. The van der Waals surface area contributed by atoms with Gasteiger partial charge in [-0.05, 0) is 5.56 Å². The first-order valence-electron chi connectivity index (χ1n) is 4.96. The van der Waals surface area contributed by atoms with Crippen LogP contribution in [0, 0.1) is 22.5 Å². The van der Waals surface area contributed by atoms with Crippen molar-refractivity contribution >= 4 is 11.7 Å². The van der Waals surface area contributed by atoms with Gasteiger partial charge in [0.2, 0.25) is 0 Å². The lowest BCUT2D eigenvalue weighted by molar-refractivity contribution is -0.384. The van der Waals surface area contributed by atoms with Gasteiger partial charge in [-0.25, -0.2) is 0 Å². The Morgan fingerprint density at radius 2 is 2.06 bits per heavy atom. The summed E-state index contributed by atoms with van der Waals surface area (Å²) in [5, 5.41) is 10.4. The maximum Gasteiger partial charge on any atom is 0.310 e. The van der Waals surface area contributed by atoms with Gasteiger partial charge >= 0.3 is 5.97 Å². The van der Waals surface area contributed by atoms with E-state index in [9.17, 15) is 14.9 Å². The Morgan fingerprint density at radius 3 is 2.59 bits per heavy atom. The molecule has 0 aromatic heterocycles. The summed E-state index contributed by atoms with van der Waals surface area (Å²) in [6.07, 6.45) is 5.47. The van der Waals surface area contributed by atoms with Crippen LogP contribution in [0.4, 0.5) is 5.69 Å². The third-order valence-corrected chi connectivity index (χ3v) is 2.01. The molecule has 0 amide bonds. The Kier molecular flexibility index (Phi) is 4.70. The van der Waals surface area contributed by atoms with Gasteiger partial charge in [0.05, 0.1) is 11.3 Å². The third kappa shape index (κ3) is 4.34. The molecule has 17 heavy (non-hydrogen) atoms. The molecular formula is C12H11NO4. The van der Waals surface area contributed by atoms with E-state index in [2.05, 4.69) is 5.92 Å². The minimum absolute atomic E-state index is 0.00514. The van der Waals surface area contributed by atoms with Crippen molar-refractivity contribution in [2.45, 2.75) is 12.8 Å². The van der Waals surface area contributed by atoms with Crippen molar-refractivity contribution in [3.8, 4) is 12.3 Å². The molecule has 0 aliphatic heterocycles. The largest absolute Gasteiger partial charge is 0.464 e. The van der Waals surface area contributed by atoms with Crippen molar-refractivity contribution < 1.29 is 14.5 Å². The minimum atomic E-state index is -0.491. The molecule has 88 valence electrons. The molecule has 0 N–H and O–H groups in total. The summed E-state index contributed by atoms with van der Waals surface area (Å²) in [5.74, 6) is 1.96. The minimum Gasteiger partial charge on any atom is -0.464 e. The number of hydrogen-bond acceptors (Lipinski definition) is 4. The van der Waals surface area contributed by atoms with Crippen LogP contribution in [0.5, 0.6) is 0 Å². The van der Waals surface area contributed by atoms with E-state index in [1.54, 1.807) is 0 Å². The highest BCUT2D eigenvalue weighted by atomic mass is 16.6. The Hall–Kier alpha value is -2.35. The molecule has 0 radical (unpaired) electrons. The number of ether oxygens (including phenoxy) is 1. The van der Waals surface area contributed by atoms with Crippen molar-refractivity contribution in [1.82, 2.24) is 0 Å². The van der Waals surface area contributed by atoms with Crippen LogP contribution in [0.25, 0.3) is 0 Å². The average Bonchev–Trinajstić information content (AvgIpc) is 2.30. The van der Waals surface area contributed by atoms with E-state index in [0.29, 0.717) is 12.0 Å². The molecule has 0 fully saturated rings. The SMILES string of the molecule is C#CCCOC(=O)Cc1ccc([N+](=O)[O-])cc1. The highest BCUT2D eigenvalue weighted by Gasteiger charge is 2.07. The number of hydrogen-bond donors (Lipinski definition) is 0. The number of esters is 1. The second-order valence-electron chi connectivity index (χ2n) is 3.27. The van der Waals surface area contributed by atoms with Gasteiger partial charge in [-0.15, -0.1) is 12.3 Å².